The summed E-state index contributed by atoms with van der Waals surface area (Å²) in [6.45, 7) is 12.9. The molecule has 1 aliphatic heterocycles. The number of Topliss-reactive ketones (excluding diaryl/α,β-unsaturated/α-hetero) is 1. The molecule has 2 atom stereocenters. The van der Waals surface area contributed by atoms with Crippen LogP contribution in [0.5, 0.6) is 0 Å². The van der Waals surface area contributed by atoms with Gasteiger partial charge < -0.3 is 19.5 Å². The van der Waals surface area contributed by atoms with Crippen molar-refractivity contribution in [2.45, 2.75) is 97.1 Å². The molecule has 0 spiro atoms. The minimum atomic E-state index is 0.307. The molecule has 1 fully saturated rings. The van der Waals surface area contributed by atoms with Crippen LogP contribution in [0.25, 0.3) is 0 Å². The van der Waals surface area contributed by atoms with E-state index >= 15 is 0 Å². The molecule has 1 aliphatic rings. The number of likely N-dealkylation sites (N-methyl/N-ethyl adjacent to an activating group) is 2. The second-order valence-corrected chi connectivity index (χ2v) is 9.84. The van der Waals surface area contributed by atoms with E-state index in [2.05, 4.69) is 62.0 Å². The molecule has 0 N–H and O–H groups in total. The van der Waals surface area contributed by atoms with E-state index in [9.17, 15) is 4.79 Å². The maximum absolute atomic E-state index is 11.1. The number of unbranched alkanes of at least 4 members (excludes halogenated alkanes) is 1. The van der Waals surface area contributed by atoms with Crippen LogP contribution in [-0.4, -0.2) is 77.9 Å². The first-order valence-electron chi connectivity index (χ1n) is 12.8. The van der Waals surface area contributed by atoms with Gasteiger partial charge in [-0.2, -0.15) is 0 Å². The molecule has 0 radical (unpaired) electrons. The van der Waals surface area contributed by atoms with E-state index < -0.39 is 0 Å². The Kier molecular flexibility index (Phi) is 11.6. The molecule has 32 heavy (non-hydrogen) atoms. The molecule has 2 heterocycles. The zero-order chi connectivity index (χ0) is 23.5. The van der Waals surface area contributed by atoms with Crippen LogP contribution in [-0.2, 0) is 4.79 Å². The van der Waals surface area contributed by atoms with Crippen molar-refractivity contribution in [2.24, 2.45) is 0 Å². The number of ketones is 1. The summed E-state index contributed by atoms with van der Waals surface area (Å²) in [4.78, 5) is 27.9. The second-order valence-electron chi connectivity index (χ2n) is 9.84. The molecule has 2 unspecified atom stereocenters. The Bertz CT molecular complexity index is 657. The average Bonchev–Trinajstić information content (AvgIpc) is 2.81. The van der Waals surface area contributed by atoms with Crippen LogP contribution in [0.1, 0.15) is 90.5 Å². The highest BCUT2D eigenvalue weighted by Crippen LogP contribution is 2.28. The molecular weight excluding hydrogens is 398 g/mol. The Balaban J connectivity index is 1.87. The van der Waals surface area contributed by atoms with Crippen molar-refractivity contribution in [3.63, 3.8) is 0 Å². The lowest BCUT2D eigenvalue weighted by Gasteiger charge is -2.34. The minimum Gasteiger partial charge on any atom is -0.340 e. The standard InChI is InChI=1S/C26H47N5O/c1-7-11-25(20-29(5)21(3)8-2)30(6)26-27-18-24(19-28-26)23-13-16-31(17-14-23)15-10-9-12-22(4)32/h18-19,21,23,25H,7-17,20H2,1-6H3. The SMILES string of the molecule is CCCC(CN(C)C(C)CC)N(C)c1ncc(C2CCN(CCCCC(C)=O)CC2)cn1. The van der Waals surface area contributed by atoms with E-state index in [0.717, 1.165) is 64.2 Å². The molecule has 1 aromatic rings. The molecule has 182 valence electrons. The molecule has 6 nitrogen and oxygen atoms in total. The van der Waals surface area contributed by atoms with Crippen LogP contribution >= 0.6 is 0 Å². The molecule has 0 bridgehead atoms. The number of rotatable bonds is 14. The normalized spacial score (nSPS) is 17.5. The van der Waals surface area contributed by atoms with E-state index in [0.29, 0.717) is 23.8 Å². The molecule has 1 aromatic heterocycles. The van der Waals surface area contributed by atoms with Crippen LogP contribution in [0.4, 0.5) is 5.95 Å². The van der Waals surface area contributed by atoms with Gasteiger partial charge >= 0.3 is 0 Å². The molecule has 0 amide bonds. The van der Waals surface area contributed by atoms with Gasteiger partial charge in [-0.05, 0) is 90.5 Å². The van der Waals surface area contributed by atoms with Gasteiger partial charge in [0.15, 0.2) is 0 Å². The summed E-state index contributed by atoms with van der Waals surface area (Å²) in [6.07, 6.45) is 12.8. The maximum atomic E-state index is 11.1. The summed E-state index contributed by atoms with van der Waals surface area (Å²) in [5.74, 6) is 1.71. The third-order valence-electron chi connectivity index (χ3n) is 7.30. The number of piperidine rings is 1. The smallest absolute Gasteiger partial charge is 0.225 e. The number of anilines is 1. The second kappa shape index (κ2) is 13.9. The first-order valence-corrected chi connectivity index (χ1v) is 12.8. The Hall–Kier alpha value is -1.53. The third kappa shape index (κ3) is 8.43. The number of aromatic nitrogens is 2. The fourth-order valence-electron chi connectivity index (χ4n) is 4.65. The van der Waals surface area contributed by atoms with Crippen LogP contribution in [0, 0.1) is 0 Å². The first-order chi connectivity index (χ1) is 15.3. The van der Waals surface area contributed by atoms with Crippen LogP contribution < -0.4 is 4.90 Å². The lowest BCUT2D eigenvalue weighted by atomic mass is 9.91. The fraction of sp³-hybridized carbons (Fsp3) is 0.808. The van der Waals surface area contributed by atoms with Gasteiger partial charge in [0.2, 0.25) is 5.95 Å². The van der Waals surface area contributed by atoms with Gasteiger partial charge in [-0.3, -0.25) is 0 Å². The van der Waals surface area contributed by atoms with E-state index in [1.807, 2.05) is 0 Å². The zero-order valence-corrected chi connectivity index (χ0v) is 21.5. The van der Waals surface area contributed by atoms with Crippen molar-refractivity contribution in [3.8, 4) is 0 Å². The van der Waals surface area contributed by atoms with Crippen molar-refractivity contribution < 1.29 is 4.79 Å². The Morgan fingerprint density at radius 3 is 2.38 bits per heavy atom. The molecule has 2 rings (SSSR count). The number of carbonyl (C=O) groups is 1. The Morgan fingerprint density at radius 2 is 1.81 bits per heavy atom. The summed E-state index contributed by atoms with van der Waals surface area (Å²) in [7, 11) is 4.37. The van der Waals surface area contributed by atoms with Crippen LogP contribution in [0.15, 0.2) is 12.4 Å². The Morgan fingerprint density at radius 1 is 1.16 bits per heavy atom. The zero-order valence-electron chi connectivity index (χ0n) is 21.5. The molecule has 1 saturated heterocycles. The quantitative estimate of drug-likeness (QED) is 0.385. The molecule has 0 aliphatic carbocycles. The highest BCUT2D eigenvalue weighted by Gasteiger charge is 2.23. The largest absolute Gasteiger partial charge is 0.340 e. The van der Waals surface area contributed by atoms with E-state index in [4.69, 9.17) is 9.97 Å². The monoisotopic (exact) mass is 445 g/mol. The summed E-state index contributed by atoms with van der Waals surface area (Å²) < 4.78 is 0. The highest BCUT2D eigenvalue weighted by molar-refractivity contribution is 5.75. The number of hydrogen-bond donors (Lipinski definition) is 0. The van der Waals surface area contributed by atoms with Crippen molar-refractivity contribution in [1.82, 2.24) is 19.8 Å². The van der Waals surface area contributed by atoms with Gasteiger partial charge in [0, 0.05) is 44.5 Å². The van der Waals surface area contributed by atoms with Crippen LogP contribution in [0.3, 0.4) is 0 Å². The molecule has 0 saturated carbocycles. The fourth-order valence-corrected chi connectivity index (χ4v) is 4.65. The minimum absolute atomic E-state index is 0.307. The predicted molar refractivity (Wildman–Crippen MR) is 134 cm³/mol. The lowest BCUT2D eigenvalue weighted by molar-refractivity contribution is -0.117. The lowest BCUT2D eigenvalue weighted by Crippen LogP contribution is -2.44. The summed E-state index contributed by atoms with van der Waals surface area (Å²) in [5.41, 5.74) is 1.28. The van der Waals surface area contributed by atoms with Gasteiger partial charge in [0.25, 0.3) is 0 Å². The van der Waals surface area contributed by atoms with E-state index in [1.54, 1.807) is 6.92 Å². The number of hydrogen-bond acceptors (Lipinski definition) is 6. The molecule has 0 aromatic carbocycles. The van der Waals surface area contributed by atoms with Gasteiger partial charge in [-0.15, -0.1) is 0 Å². The number of carbonyl (C=O) groups excluding carboxylic acids is 1. The summed E-state index contributed by atoms with van der Waals surface area (Å²) >= 11 is 0. The van der Waals surface area contributed by atoms with Gasteiger partial charge in [-0.25, -0.2) is 9.97 Å². The number of likely N-dealkylation sites (tertiary alicyclic amines) is 1. The van der Waals surface area contributed by atoms with Gasteiger partial charge in [0.1, 0.15) is 5.78 Å². The third-order valence-corrected chi connectivity index (χ3v) is 7.30. The summed E-state index contributed by atoms with van der Waals surface area (Å²) in [5, 5.41) is 0. The van der Waals surface area contributed by atoms with Gasteiger partial charge in [0.05, 0.1) is 0 Å². The van der Waals surface area contributed by atoms with Crippen molar-refractivity contribution in [2.75, 3.05) is 45.2 Å². The van der Waals surface area contributed by atoms with Crippen molar-refractivity contribution in [3.05, 3.63) is 18.0 Å². The Labute approximate surface area is 196 Å². The molecular formula is C26H47N5O. The maximum Gasteiger partial charge on any atom is 0.225 e. The van der Waals surface area contributed by atoms with Crippen molar-refractivity contribution in [1.29, 1.82) is 0 Å². The topological polar surface area (TPSA) is 52.6 Å². The van der Waals surface area contributed by atoms with E-state index in [-0.39, 0.29) is 0 Å². The average molecular weight is 446 g/mol. The molecule has 6 heteroatoms. The number of nitrogens with zero attached hydrogens (tertiary/aromatic N) is 5. The predicted octanol–water partition coefficient (Wildman–Crippen LogP) is 4.75. The van der Waals surface area contributed by atoms with E-state index in [1.165, 1.54) is 24.8 Å². The highest BCUT2D eigenvalue weighted by atomic mass is 16.1. The summed E-state index contributed by atoms with van der Waals surface area (Å²) in [6, 6.07) is 1.02. The van der Waals surface area contributed by atoms with Gasteiger partial charge in [-0.1, -0.05) is 20.3 Å². The first kappa shape index (κ1) is 26.7. The van der Waals surface area contributed by atoms with Crippen molar-refractivity contribution >= 4 is 11.7 Å². The van der Waals surface area contributed by atoms with Crippen LogP contribution in [0.2, 0.25) is 0 Å².